The molecule has 0 aromatic carbocycles. The SMILES string of the molecule is CCC(CCN)N1CCCN(CCOCCCOC)CC1. The van der Waals surface area contributed by atoms with Crippen LogP contribution in [0, 0.1) is 0 Å². The summed E-state index contributed by atoms with van der Waals surface area (Å²) in [5.74, 6) is 0. The molecule has 1 heterocycles. The van der Waals surface area contributed by atoms with Gasteiger partial charge in [0.1, 0.15) is 0 Å². The monoisotopic (exact) mass is 301 g/mol. The van der Waals surface area contributed by atoms with Crippen molar-refractivity contribution < 1.29 is 9.47 Å². The van der Waals surface area contributed by atoms with Crippen molar-refractivity contribution in [2.45, 2.75) is 38.6 Å². The fourth-order valence-electron chi connectivity index (χ4n) is 3.02. The second-order valence-electron chi connectivity index (χ2n) is 5.83. The first-order valence-electron chi connectivity index (χ1n) is 8.55. The van der Waals surface area contributed by atoms with Crippen LogP contribution in [-0.2, 0) is 9.47 Å². The topological polar surface area (TPSA) is 51.0 Å². The summed E-state index contributed by atoms with van der Waals surface area (Å²) in [5.41, 5.74) is 5.73. The van der Waals surface area contributed by atoms with E-state index in [0.717, 1.165) is 52.3 Å². The lowest BCUT2D eigenvalue weighted by atomic mass is 10.1. The Kier molecular flexibility index (Phi) is 11.1. The zero-order valence-corrected chi connectivity index (χ0v) is 14.1. The van der Waals surface area contributed by atoms with E-state index in [-0.39, 0.29) is 0 Å². The van der Waals surface area contributed by atoms with Crippen LogP contribution in [0.3, 0.4) is 0 Å². The quantitative estimate of drug-likeness (QED) is 0.581. The largest absolute Gasteiger partial charge is 0.385 e. The molecule has 2 N–H and O–H groups in total. The number of ether oxygens (including phenoxy) is 2. The maximum atomic E-state index is 5.73. The lowest BCUT2D eigenvalue weighted by Gasteiger charge is -2.29. The summed E-state index contributed by atoms with van der Waals surface area (Å²) in [6.45, 7) is 11.3. The molecule has 0 radical (unpaired) electrons. The van der Waals surface area contributed by atoms with E-state index in [2.05, 4.69) is 16.7 Å². The number of nitrogens with zero attached hydrogens (tertiary/aromatic N) is 2. The number of hydrogen-bond donors (Lipinski definition) is 1. The van der Waals surface area contributed by atoms with Crippen molar-refractivity contribution in [1.82, 2.24) is 9.80 Å². The average Bonchev–Trinajstić information content (AvgIpc) is 2.74. The highest BCUT2D eigenvalue weighted by Gasteiger charge is 2.20. The number of methoxy groups -OCH3 is 1. The maximum Gasteiger partial charge on any atom is 0.0593 e. The van der Waals surface area contributed by atoms with E-state index >= 15 is 0 Å². The van der Waals surface area contributed by atoms with E-state index in [1.807, 2.05) is 0 Å². The van der Waals surface area contributed by atoms with Crippen LogP contribution in [0.2, 0.25) is 0 Å². The molecule has 0 amide bonds. The lowest BCUT2D eigenvalue weighted by Crippen LogP contribution is -2.39. The van der Waals surface area contributed by atoms with E-state index in [4.69, 9.17) is 15.2 Å². The molecule has 1 aliphatic rings. The molecule has 5 nitrogen and oxygen atoms in total. The molecule has 1 rings (SSSR count). The molecule has 1 aliphatic heterocycles. The predicted molar refractivity (Wildman–Crippen MR) is 87.7 cm³/mol. The third-order valence-corrected chi connectivity index (χ3v) is 4.30. The fraction of sp³-hybridized carbons (Fsp3) is 1.00. The zero-order valence-electron chi connectivity index (χ0n) is 14.1. The molecule has 1 unspecified atom stereocenters. The van der Waals surface area contributed by atoms with Crippen molar-refractivity contribution in [3.8, 4) is 0 Å². The van der Waals surface area contributed by atoms with Crippen LogP contribution in [0.1, 0.15) is 32.6 Å². The van der Waals surface area contributed by atoms with Crippen molar-refractivity contribution in [2.75, 3.05) is 66.2 Å². The summed E-state index contributed by atoms with van der Waals surface area (Å²) in [7, 11) is 1.73. The standard InChI is InChI=1S/C16H35N3O2/c1-3-16(6-7-17)19-9-4-8-18(10-11-19)12-15-21-14-5-13-20-2/h16H,3-15,17H2,1-2H3. The summed E-state index contributed by atoms with van der Waals surface area (Å²) in [6, 6.07) is 0.667. The van der Waals surface area contributed by atoms with Gasteiger partial charge in [0.2, 0.25) is 0 Å². The summed E-state index contributed by atoms with van der Waals surface area (Å²) < 4.78 is 10.7. The van der Waals surface area contributed by atoms with Gasteiger partial charge in [-0.25, -0.2) is 0 Å². The van der Waals surface area contributed by atoms with Gasteiger partial charge in [-0.05, 0) is 45.3 Å². The molecular formula is C16H35N3O2. The molecule has 0 spiro atoms. The molecule has 0 aromatic heterocycles. The van der Waals surface area contributed by atoms with Crippen LogP contribution < -0.4 is 5.73 Å². The first-order valence-corrected chi connectivity index (χ1v) is 8.55. The summed E-state index contributed by atoms with van der Waals surface area (Å²) in [4.78, 5) is 5.16. The molecule has 126 valence electrons. The van der Waals surface area contributed by atoms with Crippen LogP contribution in [0.5, 0.6) is 0 Å². The highest BCUT2D eigenvalue weighted by atomic mass is 16.5. The van der Waals surface area contributed by atoms with Crippen LogP contribution in [-0.4, -0.2) is 82.0 Å². The first-order chi connectivity index (χ1) is 10.3. The Morgan fingerprint density at radius 2 is 1.95 bits per heavy atom. The van der Waals surface area contributed by atoms with Gasteiger partial charge in [-0.15, -0.1) is 0 Å². The molecule has 0 aromatic rings. The third-order valence-electron chi connectivity index (χ3n) is 4.30. The van der Waals surface area contributed by atoms with Crippen molar-refractivity contribution in [3.63, 3.8) is 0 Å². The lowest BCUT2D eigenvalue weighted by molar-refractivity contribution is 0.0838. The van der Waals surface area contributed by atoms with Gasteiger partial charge in [-0.2, -0.15) is 0 Å². The van der Waals surface area contributed by atoms with Crippen LogP contribution in [0.25, 0.3) is 0 Å². The average molecular weight is 301 g/mol. The molecule has 1 atom stereocenters. The van der Waals surface area contributed by atoms with Gasteiger partial charge in [-0.3, -0.25) is 9.80 Å². The smallest absolute Gasteiger partial charge is 0.0593 e. The maximum absolute atomic E-state index is 5.73. The van der Waals surface area contributed by atoms with Gasteiger partial charge in [-0.1, -0.05) is 6.92 Å². The van der Waals surface area contributed by atoms with Gasteiger partial charge in [0.25, 0.3) is 0 Å². The number of rotatable bonds is 11. The van der Waals surface area contributed by atoms with Gasteiger partial charge in [0.05, 0.1) is 6.61 Å². The minimum absolute atomic E-state index is 0.667. The number of nitrogens with two attached hydrogens (primary N) is 1. The Labute approximate surface area is 130 Å². The predicted octanol–water partition coefficient (Wildman–Crippen LogP) is 1.17. The minimum atomic E-state index is 0.667. The van der Waals surface area contributed by atoms with Crippen LogP contribution >= 0.6 is 0 Å². The number of hydrogen-bond acceptors (Lipinski definition) is 5. The highest BCUT2D eigenvalue weighted by Crippen LogP contribution is 2.12. The van der Waals surface area contributed by atoms with Gasteiger partial charge >= 0.3 is 0 Å². The molecule has 21 heavy (non-hydrogen) atoms. The minimum Gasteiger partial charge on any atom is -0.385 e. The molecule has 0 bridgehead atoms. The normalized spacial score (nSPS) is 19.6. The third kappa shape index (κ3) is 8.12. The molecule has 5 heteroatoms. The van der Waals surface area contributed by atoms with E-state index in [1.54, 1.807) is 7.11 Å². The Bertz CT molecular complexity index is 242. The van der Waals surface area contributed by atoms with Gasteiger partial charge in [0.15, 0.2) is 0 Å². The van der Waals surface area contributed by atoms with Crippen molar-refractivity contribution in [3.05, 3.63) is 0 Å². The molecule has 1 saturated heterocycles. The summed E-state index contributed by atoms with van der Waals surface area (Å²) in [6.07, 6.45) is 4.57. The van der Waals surface area contributed by atoms with Crippen molar-refractivity contribution >= 4 is 0 Å². The van der Waals surface area contributed by atoms with E-state index in [9.17, 15) is 0 Å². The Morgan fingerprint density at radius 1 is 1.10 bits per heavy atom. The molecule has 1 fully saturated rings. The second-order valence-corrected chi connectivity index (χ2v) is 5.83. The second kappa shape index (κ2) is 12.4. The van der Waals surface area contributed by atoms with Gasteiger partial charge in [0, 0.05) is 46.0 Å². The van der Waals surface area contributed by atoms with Crippen LogP contribution in [0.15, 0.2) is 0 Å². The summed E-state index contributed by atoms with van der Waals surface area (Å²) >= 11 is 0. The molecular weight excluding hydrogens is 266 g/mol. The highest BCUT2D eigenvalue weighted by molar-refractivity contribution is 4.76. The van der Waals surface area contributed by atoms with Crippen molar-refractivity contribution in [2.24, 2.45) is 5.73 Å². The fourth-order valence-corrected chi connectivity index (χ4v) is 3.02. The van der Waals surface area contributed by atoms with E-state index < -0.39 is 0 Å². The van der Waals surface area contributed by atoms with E-state index in [1.165, 1.54) is 32.5 Å². The Morgan fingerprint density at radius 3 is 2.67 bits per heavy atom. The van der Waals surface area contributed by atoms with E-state index in [0.29, 0.717) is 6.04 Å². The Balaban J connectivity index is 2.16. The van der Waals surface area contributed by atoms with Gasteiger partial charge < -0.3 is 15.2 Å². The zero-order chi connectivity index (χ0) is 15.3. The van der Waals surface area contributed by atoms with Crippen LogP contribution in [0.4, 0.5) is 0 Å². The molecule has 0 aliphatic carbocycles. The molecule has 0 saturated carbocycles. The van der Waals surface area contributed by atoms with Crippen molar-refractivity contribution in [1.29, 1.82) is 0 Å². The Hall–Kier alpha value is -0.200. The summed E-state index contributed by atoms with van der Waals surface area (Å²) in [5, 5.41) is 0. The first kappa shape index (κ1) is 18.8.